The number of carbonyl (C=O) groups is 1. The number of rotatable bonds is 4. The molecule has 2 unspecified atom stereocenters. The Labute approximate surface area is 127 Å². The van der Waals surface area contributed by atoms with Gasteiger partial charge in [0.2, 0.25) is 0 Å². The quantitative estimate of drug-likeness (QED) is 0.927. The van der Waals surface area contributed by atoms with Crippen LogP contribution in [-0.2, 0) is 11.2 Å². The molecular weight excluding hydrogens is 264 g/mol. The Morgan fingerprint density at radius 3 is 2.71 bits per heavy atom. The molecule has 1 aromatic rings. The maximum absolute atomic E-state index is 11.6. The van der Waals surface area contributed by atoms with E-state index in [1.54, 1.807) is 0 Å². The first-order valence-corrected chi connectivity index (χ1v) is 7.74. The Morgan fingerprint density at radius 1 is 1.33 bits per heavy atom. The molecule has 0 bridgehead atoms. The molecule has 1 N–H and O–H groups in total. The highest BCUT2D eigenvalue weighted by atomic mass is 16.5. The Kier molecular flexibility index (Phi) is 5.62. The average molecular weight is 290 g/mol. The van der Waals surface area contributed by atoms with Crippen molar-refractivity contribution in [1.29, 1.82) is 0 Å². The van der Waals surface area contributed by atoms with Gasteiger partial charge in [-0.15, -0.1) is 0 Å². The predicted molar refractivity (Wildman–Crippen MR) is 84.4 cm³/mol. The summed E-state index contributed by atoms with van der Waals surface area (Å²) in [5.41, 5.74) is 2.66. The number of carbonyl (C=O) groups excluding carboxylic acids is 1. The van der Waals surface area contributed by atoms with Gasteiger partial charge in [-0.1, -0.05) is 29.8 Å². The summed E-state index contributed by atoms with van der Waals surface area (Å²) in [6.45, 7) is 6.32. The van der Waals surface area contributed by atoms with Crippen LogP contribution in [0.25, 0.3) is 0 Å². The highest BCUT2D eigenvalue weighted by Gasteiger charge is 2.26. The second-order valence-corrected chi connectivity index (χ2v) is 6.07. The van der Waals surface area contributed by atoms with Crippen molar-refractivity contribution in [3.63, 3.8) is 0 Å². The molecule has 0 aromatic heterocycles. The number of likely N-dealkylation sites (N-methyl/N-ethyl adjacent to an activating group) is 1. The Balaban J connectivity index is 1.90. The van der Waals surface area contributed by atoms with E-state index in [0.29, 0.717) is 12.5 Å². The van der Waals surface area contributed by atoms with Crippen molar-refractivity contribution in [2.45, 2.75) is 32.7 Å². The second kappa shape index (κ2) is 7.46. The monoisotopic (exact) mass is 290 g/mol. The first kappa shape index (κ1) is 15.8. The first-order chi connectivity index (χ1) is 10.1. The van der Waals surface area contributed by atoms with E-state index in [0.717, 1.165) is 25.9 Å². The van der Waals surface area contributed by atoms with Crippen LogP contribution in [0.3, 0.4) is 0 Å². The van der Waals surface area contributed by atoms with E-state index in [1.165, 1.54) is 11.1 Å². The molecule has 0 saturated carbocycles. The topological polar surface area (TPSA) is 41.6 Å². The summed E-state index contributed by atoms with van der Waals surface area (Å²) in [5, 5.41) is 2.97. The predicted octanol–water partition coefficient (Wildman–Crippen LogP) is 2.60. The van der Waals surface area contributed by atoms with Gasteiger partial charge < -0.3 is 15.0 Å². The summed E-state index contributed by atoms with van der Waals surface area (Å²) >= 11 is 0. The van der Waals surface area contributed by atoms with Crippen LogP contribution in [0.1, 0.15) is 24.5 Å². The molecule has 1 aliphatic heterocycles. The molecule has 1 aromatic carbocycles. The standard InChI is InChI=1S/C17H26N2O2/c1-4-21-17(20)18-16-10-15(11-19(3)12-16)9-14-7-5-13(2)6-8-14/h5-8,15-16H,4,9-12H2,1-3H3,(H,18,20). The van der Waals surface area contributed by atoms with Gasteiger partial charge in [-0.05, 0) is 45.2 Å². The third kappa shape index (κ3) is 5.05. The van der Waals surface area contributed by atoms with Crippen LogP contribution in [0, 0.1) is 12.8 Å². The summed E-state index contributed by atoms with van der Waals surface area (Å²) in [5.74, 6) is 0.568. The average Bonchev–Trinajstić information content (AvgIpc) is 2.41. The summed E-state index contributed by atoms with van der Waals surface area (Å²) in [4.78, 5) is 13.9. The van der Waals surface area contributed by atoms with E-state index in [2.05, 4.69) is 48.5 Å². The van der Waals surface area contributed by atoms with Gasteiger partial charge >= 0.3 is 6.09 Å². The van der Waals surface area contributed by atoms with Crippen LogP contribution < -0.4 is 5.32 Å². The zero-order valence-corrected chi connectivity index (χ0v) is 13.3. The maximum atomic E-state index is 11.6. The van der Waals surface area contributed by atoms with Crippen molar-refractivity contribution in [2.75, 3.05) is 26.7 Å². The van der Waals surface area contributed by atoms with Crippen LogP contribution >= 0.6 is 0 Å². The second-order valence-electron chi connectivity index (χ2n) is 6.07. The number of likely N-dealkylation sites (tertiary alicyclic amines) is 1. The van der Waals surface area contributed by atoms with Crippen molar-refractivity contribution in [1.82, 2.24) is 10.2 Å². The smallest absolute Gasteiger partial charge is 0.407 e. The summed E-state index contributed by atoms with van der Waals surface area (Å²) in [7, 11) is 2.11. The van der Waals surface area contributed by atoms with E-state index in [-0.39, 0.29) is 12.1 Å². The number of hydrogen-bond donors (Lipinski definition) is 1. The van der Waals surface area contributed by atoms with E-state index in [9.17, 15) is 4.79 Å². The lowest BCUT2D eigenvalue weighted by Crippen LogP contribution is -2.50. The van der Waals surface area contributed by atoms with Crippen molar-refractivity contribution < 1.29 is 9.53 Å². The molecule has 1 aliphatic rings. The number of nitrogens with zero attached hydrogens (tertiary/aromatic N) is 1. The molecule has 0 spiro atoms. The lowest BCUT2D eigenvalue weighted by atomic mass is 9.89. The third-order valence-electron chi connectivity index (χ3n) is 3.96. The molecule has 2 atom stereocenters. The van der Waals surface area contributed by atoms with Gasteiger partial charge in [0.1, 0.15) is 0 Å². The number of aryl methyl sites for hydroxylation is 1. The molecule has 2 rings (SSSR count). The molecule has 1 amide bonds. The van der Waals surface area contributed by atoms with Crippen LogP contribution in [0.5, 0.6) is 0 Å². The van der Waals surface area contributed by atoms with Crippen molar-refractivity contribution in [2.24, 2.45) is 5.92 Å². The van der Waals surface area contributed by atoms with E-state index in [1.807, 2.05) is 6.92 Å². The van der Waals surface area contributed by atoms with Crippen LogP contribution in [0.15, 0.2) is 24.3 Å². The van der Waals surface area contributed by atoms with Gasteiger partial charge in [-0.25, -0.2) is 4.79 Å². The van der Waals surface area contributed by atoms with E-state index >= 15 is 0 Å². The van der Waals surface area contributed by atoms with Crippen molar-refractivity contribution in [3.8, 4) is 0 Å². The summed E-state index contributed by atoms with van der Waals surface area (Å²) in [6.07, 6.45) is 1.77. The van der Waals surface area contributed by atoms with Gasteiger partial charge in [0, 0.05) is 19.1 Å². The minimum atomic E-state index is -0.299. The minimum absolute atomic E-state index is 0.179. The number of amides is 1. The van der Waals surface area contributed by atoms with Crippen molar-refractivity contribution >= 4 is 6.09 Å². The number of alkyl carbamates (subject to hydrolysis) is 1. The number of hydrogen-bond acceptors (Lipinski definition) is 3. The molecule has 0 radical (unpaired) electrons. The number of nitrogens with one attached hydrogen (secondary N) is 1. The van der Waals surface area contributed by atoms with Crippen molar-refractivity contribution in [3.05, 3.63) is 35.4 Å². The zero-order valence-electron chi connectivity index (χ0n) is 13.3. The molecule has 1 heterocycles. The lowest BCUT2D eigenvalue weighted by Gasteiger charge is -2.35. The summed E-state index contributed by atoms with van der Waals surface area (Å²) in [6, 6.07) is 8.92. The number of ether oxygens (including phenoxy) is 1. The maximum Gasteiger partial charge on any atom is 0.407 e. The fourth-order valence-electron chi connectivity index (χ4n) is 3.09. The lowest BCUT2D eigenvalue weighted by molar-refractivity contribution is 0.127. The van der Waals surface area contributed by atoms with E-state index in [4.69, 9.17) is 4.74 Å². The van der Waals surface area contributed by atoms with Gasteiger partial charge in [0.25, 0.3) is 0 Å². The molecule has 4 heteroatoms. The van der Waals surface area contributed by atoms with Gasteiger partial charge in [0.15, 0.2) is 0 Å². The molecule has 21 heavy (non-hydrogen) atoms. The normalized spacial score (nSPS) is 22.8. The summed E-state index contributed by atoms with van der Waals surface area (Å²) < 4.78 is 4.98. The van der Waals surface area contributed by atoms with Gasteiger partial charge in [0.05, 0.1) is 6.61 Å². The zero-order chi connectivity index (χ0) is 15.2. The fourth-order valence-corrected chi connectivity index (χ4v) is 3.09. The van der Waals surface area contributed by atoms with E-state index < -0.39 is 0 Å². The Hall–Kier alpha value is -1.55. The number of piperidine rings is 1. The molecule has 116 valence electrons. The molecule has 1 fully saturated rings. The van der Waals surface area contributed by atoms with Crippen LogP contribution in [-0.4, -0.2) is 43.8 Å². The molecule has 1 saturated heterocycles. The van der Waals surface area contributed by atoms with Gasteiger partial charge in [-0.3, -0.25) is 0 Å². The Bertz CT molecular complexity index is 458. The molecular formula is C17H26N2O2. The highest BCUT2D eigenvalue weighted by molar-refractivity contribution is 5.67. The van der Waals surface area contributed by atoms with Gasteiger partial charge in [-0.2, -0.15) is 0 Å². The SMILES string of the molecule is CCOC(=O)NC1CC(Cc2ccc(C)cc2)CN(C)C1. The first-order valence-electron chi connectivity index (χ1n) is 7.74. The Morgan fingerprint density at radius 2 is 2.05 bits per heavy atom. The minimum Gasteiger partial charge on any atom is -0.450 e. The highest BCUT2D eigenvalue weighted by Crippen LogP contribution is 2.20. The van der Waals surface area contributed by atoms with Crippen LogP contribution in [0.4, 0.5) is 4.79 Å². The molecule has 0 aliphatic carbocycles. The largest absolute Gasteiger partial charge is 0.450 e. The number of benzene rings is 1. The fraction of sp³-hybridized carbons (Fsp3) is 0.588. The molecule has 4 nitrogen and oxygen atoms in total. The van der Waals surface area contributed by atoms with Crippen LogP contribution in [0.2, 0.25) is 0 Å². The third-order valence-corrected chi connectivity index (χ3v) is 3.96.